The van der Waals surface area contributed by atoms with Crippen molar-refractivity contribution >= 4 is 29.3 Å². The molecule has 0 spiro atoms. The lowest BCUT2D eigenvalue weighted by Crippen LogP contribution is -2.37. The summed E-state index contributed by atoms with van der Waals surface area (Å²) in [7, 11) is 1.48. The molecule has 0 atom stereocenters. The van der Waals surface area contributed by atoms with E-state index in [4.69, 9.17) is 4.74 Å². The van der Waals surface area contributed by atoms with Crippen molar-refractivity contribution in [3.8, 4) is 5.75 Å². The van der Waals surface area contributed by atoms with Gasteiger partial charge in [-0.05, 0) is 55.1 Å². The molecule has 0 bridgehead atoms. The molecule has 2 amide bonds. The van der Waals surface area contributed by atoms with Crippen molar-refractivity contribution in [3.05, 3.63) is 54.1 Å². The lowest BCUT2D eigenvalue weighted by Gasteiger charge is -2.21. The number of para-hydroxylation sites is 2. The smallest absolute Gasteiger partial charge is 0.446 e. The van der Waals surface area contributed by atoms with Crippen LogP contribution in [0, 0.1) is 0 Å². The van der Waals surface area contributed by atoms with Gasteiger partial charge in [0.1, 0.15) is 12.3 Å². The van der Waals surface area contributed by atoms with Crippen LogP contribution in [0.1, 0.15) is 17.3 Å². The molecule has 150 valence electrons. The van der Waals surface area contributed by atoms with Gasteiger partial charge in [-0.25, -0.2) is 0 Å². The minimum absolute atomic E-state index is 0.0129. The average molecular weight is 412 g/mol. The monoisotopic (exact) mass is 412 g/mol. The van der Waals surface area contributed by atoms with Crippen molar-refractivity contribution in [2.24, 2.45) is 0 Å². The van der Waals surface area contributed by atoms with Gasteiger partial charge in [0.2, 0.25) is 5.91 Å². The molecule has 9 heteroatoms. The number of carbonyl (C=O) groups is 2. The second kappa shape index (κ2) is 9.50. The third-order valence-electron chi connectivity index (χ3n) is 3.72. The van der Waals surface area contributed by atoms with Crippen LogP contribution in [0.3, 0.4) is 0 Å². The molecule has 0 saturated carbocycles. The number of anilines is 1. The second-order valence-corrected chi connectivity index (χ2v) is 6.78. The predicted octanol–water partition coefficient (Wildman–Crippen LogP) is 4.41. The highest BCUT2D eigenvalue weighted by Gasteiger charge is 2.29. The number of likely N-dealkylation sites (N-methyl/N-ethyl adjacent to an activating group) is 1. The Balaban J connectivity index is 2.03. The van der Waals surface area contributed by atoms with Gasteiger partial charge in [0, 0.05) is 17.0 Å². The topological polar surface area (TPSA) is 58.6 Å². The van der Waals surface area contributed by atoms with Crippen LogP contribution in [0.5, 0.6) is 5.75 Å². The lowest BCUT2D eigenvalue weighted by molar-refractivity contribution is -0.116. The minimum atomic E-state index is -4.39. The van der Waals surface area contributed by atoms with E-state index in [9.17, 15) is 22.8 Å². The maximum Gasteiger partial charge on any atom is 0.446 e. The molecule has 0 radical (unpaired) electrons. The average Bonchev–Trinajstić information content (AvgIpc) is 2.65. The van der Waals surface area contributed by atoms with Crippen molar-refractivity contribution in [1.82, 2.24) is 4.90 Å². The number of halogens is 3. The summed E-state index contributed by atoms with van der Waals surface area (Å²) < 4.78 is 42.3. The Morgan fingerprint density at radius 2 is 1.75 bits per heavy atom. The SMILES string of the molecule is CCN(CC(=O)Nc1ccccc1OC)C(=O)c1ccc(SC(F)(F)F)cc1. The lowest BCUT2D eigenvalue weighted by atomic mass is 10.2. The first-order valence-electron chi connectivity index (χ1n) is 8.31. The van der Waals surface area contributed by atoms with E-state index < -0.39 is 17.3 Å². The Bertz CT molecular complexity index is 826. The van der Waals surface area contributed by atoms with Crippen LogP contribution < -0.4 is 10.1 Å². The normalized spacial score (nSPS) is 11.0. The van der Waals surface area contributed by atoms with Crippen molar-refractivity contribution in [2.45, 2.75) is 17.3 Å². The van der Waals surface area contributed by atoms with Crippen molar-refractivity contribution in [3.63, 3.8) is 0 Å². The van der Waals surface area contributed by atoms with Crippen LogP contribution in [0.15, 0.2) is 53.4 Å². The van der Waals surface area contributed by atoms with Gasteiger partial charge in [0.25, 0.3) is 5.91 Å². The summed E-state index contributed by atoms with van der Waals surface area (Å²) in [6.07, 6.45) is 0. The Morgan fingerprint density at radius 3 is 2.32 bits per heavy atom. The number of nitrogens with one attached hydrogen (secondary N) is 1. The zero-order valence-corrected chi connectivity index (χ0v) is 16.1. The number of benzene rings is 2. The molecule has 2 aromatic rings. The molecule has 0 saturated heterocycles. The van der Waals surface area contributed by atoms with Crippen LogP contribution in [-0.4, -0.2) is 42.4 Å². The van der Waals surface area contributed by atoms with E-state index >= 15 is 0 Å². The Kier molecular flexibility index (Phi) is 7.33. The molecule has 0 aliphatic carbocycles. The first-order valence-corrected chi connectivity index (χ1v) is 9.13. The van der Waals surface area contributed by atoms with E-state index in [0.717, 1.165) is 0 Å². The number of hydrogen-bond donors (Lipinski definition) is 1. The van der Waals surface area contributed by atoms with E-state index in [1.807, 2.05) is 0 Å². The third-order valence-corrected chi connectivity index (χ3v) is 4.46. The fraction of sp³-hybridized carbons (Fsp3) is 0.263. The summed E-state index contributed by atoms with van der Waals surface area (Å²) in [4.78, 5) is 26.2. The fourth-order valence-corrected chi connectivity index (χ4v) is 2.96. The highest BCUT2D eigenvalue weighted by molar-refractivity contribution is 8.00. The van der Waals surface area contributed by atoms with E-state index in [-0.39, 0.29) is 35.3 Å². The Hall–Kier alpha value is -2.68. The molecule has 5 nitrogen and oxygen atoms in total. The number of thioether (sulfide) groups is 1. The van der Waals surface area contributed by atoms with Crippen molar-refractivity contribution in [1.29, 1.82) is 0 Å². The summed E-state index contributed by atoms with van der Waals surface area (Å²) in [5, 5.41) is 2.68. The summed E-state index contributed by atoms with van der Waals surface area (Å²) >= 11 is -0.250. The van der Waals surface area contributed by atoms with Gasteiger partial charge in [-0.2, -0.15) is 13.2 Å². The quantitative estimate of drug-likeness (QED) is 0.685. The van der Waals surface area contributed by atoms with Gasteiger partial charge < -0.3 is 15.0 Å². The van der Waals surface area contributed by atoms with E-state index in [1.54, 1.807) is 31.2 Å². The van der Waals surface area contributed by atoms with E-state index in [1.165, 1.54) is 36.3 Å². The molecule has 0 aliphatic rings. The largest absolute Gasteiger partial charge is 0.495 e. The number of methoxy groups -OCH3 is 1. The van der Waals surface area contributed by atoms with Crippen molar-refractivity contribution in [2.75, 3.05) is 25.5 Å². The standard InChI is InChI=1S/C19H19F3N2O3S/c1-3-24(12-17(25)23-15-6-4-5-7-16(15)27-2)18(26)13-8-10-14(11-9-13)28-19(20,21)22/h4-11H,3,12H2,1-2H3,(H,23,25). The number of rotatable bonds is 7. The minimum Gasteiger partial charge on any atom is -0.495 e. The zero-order chi connectivity index (χ0) is 20.7. The molecule has 0 aliphatic heterocycles. The molecule has 2 rings (SSSR count). The number of alkyl halides is 3. The Morgan fingerprint density at radius 1 is 1.11 bits per heavy atom. The summed E-state index contributed by atoms with van der Waals surface area (Å²) in [6, 6.07) is 12.0. The highest BCUT2D eigenvalue weighted by atomic mass is 32.2. The maximum atomic E-state index is 12.6. The van der Waals surface area contributed by atoms with Crippen molar-refractivity contribution < 1.29 is 27.5 Å². The van der Waals surface area contributed by atoms with E-state index in [0.29, 0.717) is 11.4 Å². The van der Waals surface area contributed by atoms with Crippen LogP contribution in [0.2, 0.25) is 0 Å². The summed E-state index contributed by atoms with van der Waals surface area (Å²) in [5.41, 5.74) is -3.71. The number of carbonyl (C=O) groups excluding carboxylic acids is 2. The molecule has 0 aromatic heterocycles. The molecule has 0 heterocycles. The van der Waals surface area contributed by atoms with Crippen LogP contribution in [0.25, 0.3) is 0 Å². The maximum absolute atomic E-state index is 12.6. The Labute approximate surface area is 164 Å². The molecule has 0 unspecified atom stereocenters. The predicted molar refractivity (Wildman–Crippen MR) is 102 cm³/mol. The van der Waals surface area contributed by atoms with Crippen LogP contribution in [-0.2, 0) is 4.79 Å². The highest BCUT2D eigenvalue weighted by Crippen LogP contribution is 2.36. The zero-order valence-electron chi connectivity index (χ0n) is 15.2. The molecular formula is C19H19F3N2O3S. The van der Waals surface area contributed by atoms with Crippen LogP contribution in [0.4, 0.5) is 18.9 Å². The first-order chi connectivity index (χ1) is 13.2. The van der Waals surface area contributed by atoms with Crippen LogP contribution >= 0.6 is 11.8 Å². The molecular weight excluding hydrogens is 393 g/mol. The first kappa shape index (κ1) is 21.6. The number of hydrogen-bond acceptors (Lipinski definition) is 4. The number of amides is 2. The molecule has 28 heavy (non-hydrogen) atoms. The van der Waals surface area contributed by atoms with Gasteiger partial charge in [-0.15, -0.1) is 0 Å². The van der Waals surface area contributed by atoms with Gasteiger partial charge >= 0.3 is 5.51 Å². The molecule has 0 fully saturated rings. The summed E-state index contributed by atoms with van der Waals surface area (Å²) in [5.74, 6) is -0.367. The fourth-order valence-electron chi connectivity index (χ4n) is 2.42. The van der Waals surface area contributed by atoms with Gasteiger partial charge in [-0.1, -0.05) is 12.1 Å². The molecule has 2 aromatic carbocycles. The molecule has 1 N–H and O–H groups in total. The van der Waals surface area contributed by atoms with Gasteiger partial charge in [0.15, 0.2) is 0 Å². The summed E-state index contributed by atoms with van der Waals surface area (Å²) in [6.45, 7) is 1.77. The third kappa shape index (κ3) is 6.19. The van der Waals surface area contributed by atoms with Gasteiger partial charge in [0.05, 0.1) is 12.8 Å². The number of nitrogens with zero attached hydrogens (tertiary/aromatic N) is 1. The van der Waals surface area contributed by atoms with E-state index in [2.05, 4.69) is 5.32 Å². The van der Waals surface area contributed by atoms with Gasteiger partial charge in [-0.3, -0.25) is 9.59 Å². The number of ether oxygens (including phenoxy) is 1. The second-order valence-electron chi connectivity index (χ2n) is 5.64.